The van der Waals surface area contributed by atoms with Gasteiger partial charge in [-0.05, 0) is 82.6 Å². The number of pyridine rings is 2. The molecule has 1 unspecified atom stereocenters. The van der Waals surface area contributed by atoms with Crippen LogP contribution in [0.3, 0.4) is 0 Å². The van der Waals surface area contributed by atoms with Gasteiger partial charge in [0.15, 0.2) is 0 Å². The Morgan fingerprint density at radius 2 is 1.97 bits per heavy atom. The maximum absolute atomic E-state index is 13.1. The molecule has 16 heteroatoms. The Morgan fingerprint density at radius 1 is 1.08 bits per heavy atom. The second kappa shape index (κ2) is 21.4. The van der Waals surface area contributed by atoms with Crippen LogP contribution >= 0.6 is 23.4 Å². The number of ether oxygens (including phenoxy) is 2. The number of carbonyl (C=O) groups is 3. The number of hydrogen-bond donors (Lipinski definition) is 5. The molecule has 2 aromatic heterocycles. The highest BCUT2D eigenvalue weighted by molar-refractivity contribution is 8.00. The average molecular weight is 840 g/mol. The van der Waals surface area contributed by atoms with Crippen molar-refractivity contribution in [2.45, 2.75) is 69.4 Å². The fourth-order valence-electron chi connectivity index (χ4n) is 6.99. The van der Waals surface area contributed by atoms with E-state index in [0.29, 0.717) is 81.4 Å². The van der Waals surface area contributed by atoms with Crippen molar-refractivity contribution in [2.24, 2.45) is 0 Å². The third-order valence-electron chi connectivity index (χ3n) is 10.0. The van der Waals surface area contributed by atoms with Gasteiger partial charge in [0.05, 0.1) is 51.9 Å². The van der Waals surface area contributed by atoms with Gasteiger partial charge in [0.25, 0.3) is 0 Å². The molecule has 4 amide bonds. The van der Waals surface area contributed by atoms with E-state index >= 15 is 0 Å². The molecule has 2 saturated heterocycles. The highest BCUT2D eigenvalue weighted by Gasteiger charge is 2.42. The second-order valence-electron chi connectivity index (χ2n) is 14.4. The number of urea groups is 1. The fourth-order valence-corrected chi connectivity index (χ4v) is 8.77. The largest absolute Gasteiger partial charge is 0.492 e. The molecule has 0 bridgehead atoms. The number of likely N-dealkylation sites (N-methyl/N-ethyl adjacent to an activating group) is 1. The first-order valence-electron chi connectivity index (χ1n) is 19.9. The van der Waals surface area contributed by atoms with Gasteiger partial charge >= 0.3 is 6.03 Å². The van der Waals surface area contributed by atoms with Gasteiger partial charge in [-0.1, -0.05) is 30.2 Å². The molecule has 0 spiro atoms. The monoisotopic (exact) mass is 839 g/mol. The summed E-state index contributed by atoms with van der Waals surface area (Å²) in [6.07, 6.45) is 11.6. The molecule has 2 aliphatic heterocycles. The zero-order valence-corrected chi connectivity index (χ0v) is 34.8. The predicted molar refractivity (Wildman–Crippen MR) is 232 cm³/mol. The summed E-state index contributed by atoms with van der Waals surface area (Å²) in [4.78, 5) is 47.9. The minimum atomic E-state index is -0.332. The molecule has 59 heavy (non-hydrogen) atoms. The van der Waals surface area contributed by atoms with Gasteiger partial charge < -0.3 is 41.0 Å². The van der Waals surface area contributed by atoms with E-state index in [1.807, 2.05) is 43.9 Å². The van der Waals surface area contributed by atoms with Crippen LogP contribution in [0.5, 0.6) is 11.5 Å². The first kappa shape index (κ1) is 43.0. The number of thioether (sulfide) groups is 1. The second-order valence-corrected chi connectivity index (χ2v) is 16.1. The third-order valence-corrected chi connectivity index (χ3v) is 11.8. The molecule has 6 rings (SSSR count). The molecule has 3 atom stereocenters. The zero-order chi connectivity index (χ0) is 41.6. The summed E-state index contributed by atoms with van der Waals surface area (Å²) in [5.41, 5.74) is 3.20. The molecule has 310 valence electrons. The van der Waals surface area contributed by atoms with Gasteiger partial charge in [-0.3, -0.25) is 19.6 Å². The van der Waals surface area contributed by atoms with Gasteiger partial charge in [-0.25, -0.2) is 4.79 Å². The van der Waals surface area contributed by atoms with E-state index in [-0.39, 0.29) is 36.5 Å². The number of anilines is 3. The van der Waals surface area contributed by atoms with Crippen LogP contribution in [0.1, 0.15) is 56.7 Å². The maximum Gasteiger partial charge on any atom is 0.315 e. The molecule has 4 heterocycles. The number of unbranched alkanes of at least 4 members (excludes halogenated alkanes) is 2. The summed E-state index contributed by atoms with van der Waals surface area (Å²) in [5, 5.41) is 26.7. The highest BCUT2D eigenvalue weighted by Crippen LogP contribution is 2.38. The van der Waals surface area contributed by atoms with E-state index < -0.39 is 0 Å². The molecule has 0 radical (unpaired) electrons. The molecule has 4 aromatic rings. The van der Waals surface area contributed by atoms with Crippen molar-refractivity contribution in [3.8, 4) is 17.6 Å². The van der Waals surface area contributed by atoms with E-state index in [1.165, 1.54) is 12.3 Å². The van der Waals surface area contributed by atoms with E-state index in [9.17, 15) is 19.6 Å². The number of aromatic nitrogens is 2. The summed E-state index contributed by atoms with van der Waals surface area (Å²) in [6, 6.07) is 16.9. The number of nitrogens with zero attached hydrogens (tertiary/aromatic N) is 4. The summed E-state index contributed by atoms with van der Waals surface area (Å²) in [7, 11) is 1.99. The third kappa shape index (κ3) is 12.2. The summed E-state index contributed by atoms with van der Waals surface area (Å²) in [5.74, 6) is 1.63. The number of nitrogens with one attached hydrogen (secondary N) is 5. The molecule has 2 aromatic carbocycles. The number of halogens is 1. The maximum atomic E-state index is 13.1. The minimum Gasteiger partial charge on any atom is -0.492 e. The first-order chi connectivity index (χ1) is 28.7. The quantitative estimate of drug-likeness (QED) is 0.0334. The van der Waals surface area contributed by atoms with Gasteiger partial charge in [-0.15, -0.1) is 0 Å². The number of nitriles is 1. The molecule has 0 aliphatic carbocycles. The summed E-state index contributed by atoms with van der Waals surface area (Å²) < 4.78 is 11.7. The van der Waals surface area contributed by atoms with Crippen molar-refractivity contribution >= 4 is 69.2 Å². The predicted octanol–water partition coefficient (Wildman–Crippen LogP) is 6.92. The Morgan fingerprint density at radius 3 is 2.76 bits per heavy atom. The number of carbonyl (C=O) groups excluding carboxylic acids is 3. The lowest BCUT2D eigenvalue weighted by Gasteiger charge is -2.16. The van der Waals surface area contributed by atoms with E-state index in [0.717, 1.165) is 50.1 Å². The van der Waals surface area contributed by atoms with Crippen molar-refractivity contribution in [2.75, 3.05) is 49.7 Å². The lowest BCUT2D eigenvalue weighted by atomic mass is 10.0. The van der Waals surface area contributed by atoms with Crippen LogP contribution in [0.2, 0.25) is 5.02 Å². The van der Waals surface area contributed by atoms with Crippen molar-refractivity contribution in [1.82, 2.24) is 30.8 Å². The van der Waals surface area contributed by atoms with E-state index in [1.54, 1.807) is 42.6 Å². The normalized spacial score (nSPS) is 17.0. The fraction of sp³-hybridized carbons (Fsp3) is 0.395. The number of rotatable bonds is 21. The van der Waals surface area contributed by atoms with Gasteiger partial charge in [-0.2, -0.15) is 17.0 Å². The van der Waals surface area contributed by atoms with Crippen LogP contribution in [0.25, 0.3) is 10.9 Å². The van der Waals surface area contributed by atoms with Crippen LogP contribution < -0.4 is 36.1 Å². The summed E-state index contributed by atoms with van der Waals surface area (Å²) in [6.45, 7) is 4.49. The van der Waals surface area contributed by atoms with Gasteiger partial charge in [0, 0.05) is 66.1 Å². The number of fused-ring (bicyclic) bond motifs is 2. The Kier molecular flexibility index (Phi) is 15.6. The molecule has 5 N–H and O–H groups in total. The minimum absolute atomic E-state index is 0.0691. The van der Waals surface area contributed by atoms with E-state index in [4.69, 9.17) is 21.1 Å². The smallest absolute Gasteiger partial charge is 0.315 e. The lowest BCUT2D eigenvalue weighted by Crippen LogP contribution is -2.36. The topological polar surface area (TPSA) is 183 Å². The van der Waals surface area contributed by atoms with Gasteiger partial charge in [0.1, 0.15) is 24.2 Å². The Bertz CT molecular complexity index is 2170. The number of amides is 4. The van der Waals surface area contributed by atoms with Crippen molar-refractivity contribution in [3.63, 3.8) is 0 Å². The molecule has 2 aliphatic rings. The number of benzene rings is 2. The molecule has 2 fully saturated rings. The molecule has 14 nitrogen and oxygen atoms in total. The Balaban J connectivity index is 0.955. The standard InChI is InChI=1S/C43H50ClN9O5S/c1-3-57-37-23-33-31(41(28(24-45)25-48-33)49-29-15-16-36(32(44)21-29)58-26-30-11-6-7-17-46-30)22-34(37)50-40(55)14-10-20-53(2)19-9-8-18-47-39(54)13-5-4-12-38-42-35(27-59-38)51-43(56)52-42/h6-7,10-11,14-17,21-23,25,35,38,42H,3-5,8-9,12-13,18-20,26-27H2,1-2H3,(H,47,54)(H,48,49)(H,50,55)(H2,51,52,56)/b14-10+/t35?,38-,42-/m0/s1. The van der Waals surface area contributed by atoms with Crippen LogP contribution in [-0.2, 0) is 16.2 Å². The molecular weight excluding hydrogens is 790 g/mol. The Labute approximate surface area is 353 Å². The van der Waals surface area contributed by atoms with Crippen LogP contribution in [0.4, 0.5) is 21.9 Å². The van der Waals surface area contributed by atoms with E-state index in [2.05, 4.69) is 47.5 Å². The molecule has 0 saturated carbocycles. The average Bonchev–Trinajstić information content (AvgIpc) is 3.79. The van der Waals surface area contributed by atoms with Crippen LogP contribution in [0, 0.1) is 11.3 Å². The summed E-state index contributed by atoms with van der Waals surface area (Å²) >= 11 is 8.49. The Hall–Kier alpha value is -5.56. The number of hydrogen-bond acceptors (Lipinski definition) is 11. The van der Waals surface area contributed by atoms with Crippen molar-refractivity contribution < 1.29 is 23.9 Å². The van der Waals surface area contributed by atoms with Crippen molar-refractivity contribution in [1.29, 1.82) is 5.26 Å². The lowest BCUT2D eigenvalue weighted by molar-refractivity contribution is -0.121. The van der Waals surface area contributed by atoms with Crippen LogP contribution in [0.15, 0.2) is 73.1 Å². The highest BCUT2D eigenvalue weighted by atomic mass is 35.5. The molecular formula is C43H50ClN9O5S. The van der Waals surface area contributed by atoms with Gasteiger partial charge in [0.2, 0.25) is 11.8 Å². The first-order valence-corrected chi connectivity index (χ1v) is 21.3. The van der Waals surface area contributed by atoms with Crippen LogP contribution in [-0.4, -0.2) is 89.1 Å². The zero-order valence-electron chi connectivity index (χ0n) is 33.3. The SMILES string of the molecule is CCOc1cc2ncc(C#N)c(Nc3ccc(OCc4ccccn4)c(Cl)c3)c2cc1NC(=O)/C=C/CN(C)CCCCNC(=O)CCCC[C@@H]1SCC2NC(=O)N[C@@H]21. The van der Waals surface area contributed by atoms with Crippen molar-refractivity contribution in [3.05, 3.63) is 89.4 Å².